The second kappa shape index (κ2) is 8.94. The lowest BCUT2D eigenvalue weighted by Crippen LogP contribution is -2.49. The fraction of sp³-hybridized carbons (Fsp3) is 0.571. The van der Waals surface area contributed by atoms with Crippen LogP contribution in [0.5, 0.6) is 5.75 Å². The van der Waals surface area contributed by atoms with Crippen LogP contribution in [0.25, 0.3) is 0 Å². The molecule has 33 heavy (non-hydrogen) atoms. The number of hydrogen-bond acceptors (Lipinski definition) is 5. The summed E-state index contributed by atoms with van der Waals surface area (Å²) < 4.78 is 6.94. The van der Waals surface area contributed by atoms with Gasteiger partial charge in [-0.3, -0.25) is 4.90 Å². The first-order valence-corrected chi connectivity index (χ1v) is 12.5. The number of piperazine rings is 1. The predicted molar refractivity (Wildman–Crippen MR) is 134 cm³/mol. The van der Waals surface area contributed by atoms with Gasteiger partial charge in [-0.05, 0) is 54.6 Å². The van der Waals surface area contributed by atoms with Gasteiger partial charge in [-0.1, -0.05) is 45.0 Å². The van der Waals surface area contributed by atoms with Crippen LogP contribution in [0.2, 0.25) is 0 Å². The van der Waals surface area contributed by atoms with E-state index in [0.29, 0.717) is 11.7 Å². The van der Waals surface area contributed by atoms with Crippen LogP contribution in [-0.4, -0.2) is 60.8 Å². The highest BCUT2D eigenvalue weighted by Gasteiger charge is 2.43. The molecule has 5 heteroatoms. The van der Waals surface area contributed by atoms with E-state index in [4.69, 9.17) is 4.74 Å². The van der Waals surface area contributed by atoms with Crippen LogP contribution in [0.4, 0.5) is 5.69 Å². The average molecular weight is 450 g/mol. The van der Waals surface area contributed by atoms with E-state index < -0.39 is 0 Å². The smallest absolute Gasteiger partial charge is 0.115 e. The van der Waals surface area contributed by atoms with Gasteiger partial charge in [-0.15, -0.1) is 0 Å². The molecule has 2 fully saturated rings. The van der Waals surface area contributed by atoms with Crippen molar-refractivity contribution in [1.29, 1.82) is 0 Å². The van der Waals surface area contributed by atoms with E-state index in [0.717, 1.165) is 56.8 Å². The number of nitrogens with zero attached hydrogens (tertiary/aromatic N) is 2. The summed E-state index contributed by atoms with van der Waals surface area (Å²) in [5, 5.41) is 13.9. The third-order valence-corrected chi connectivity index (χ3v) is 7.80. The topological polar surface area (TPSA) is 48.0 Å². The monoisotopic (exact) mass is 449 g/mol. The van der Waals surface area contributed by atoms with E-state index in [1.807, 2.05) is 12.1 Å². The van der Waals surface area contributed by atoms with Gasteiger partial charge in [0.25, 0.3) is 0 Å². The van der Waals surface area contributed by atoms with E-state index >= 15 is 0 Å². The van der Waals surface area contributed by atoms with E-state index in [-0.39, 0.29) is 23.7 Å². The highest BCUT2D eigenvalue weighted by atomic mass is 16.5. The highest BCUT2D eigenvalue weighted by Crippen LogP contribution is 2.51. The maximum absolute atomic E-state index is 10.1. The summed E-state index contributed by atoms with van der Waals surface area (Å²) >= 11 is 0. The second-order valence-electron chi connectivity index (χ2n) is 11.3. The van der Waals surface area contributed by atoms with Crippen molar-refractivity contribution in [3.63, 3.8) is 0 Å². The number of hydrogen-bond donors (Lipinski definition) is 2. The lowest BCUT2D eigenvalue weighted by molar-refractivity contribution is -0.105. The molecule has 3 aliphatic rings. The van der Waals surface area contributed by atoms with Crippen molar-refractivity contribution in [2.24, 2.45) is 5.92 Å². The van der Waals surface area contributed by atoms with Gasteiger partial charge in [0.2, 0.25) is 0 Å². The molecule has 0 spiro atoms. The number of benzene rings is 2. The fourth-order valence-electron chi connectivity index (χ4n) is 5.72. The van der Waals surface area contributed by atoms with Gasteiger partial charge in [0.05, 0.1) is 18.2 Å². The van der Waals surface area contributed by atoms with Gasteiger partial charge in [0.1, 0.15) is 5.75 Å². The zero-order chi connectivity index (χ0) is 23.2. The number of phenols is 1. The van der Waals surface area contributed by atoms with E-state index in [1.165, 1.54) is 11.1 Å². The molecule has 3 heterocycles. The summed E-state index contributed by atoms with van der Waals surface area (Å²) in [6.45, 7) is 12.4. The molecular formula is C28H39N3O2. The van der Waals surface area contributed by atoms with Crippen molar-refractivity contribution in [3.05, 3.63) is 59.2 Å². The molecule has 0 aromatic heterocycles. The molecule has 0 aliphatic carbocycles. The molecule has 0 saturated carbocycles. The normalized spacial score (nSPS) is 28.6. The summed E-state index contributed by atoms with van der Waals surface area (Å²) in [4.78, 5) is 4.98. The minimum absolute atomic E-state index is 0.0714. The zero-order valence-electron chi connectivity index (χ0n) is 20.6. The van der Waals surface area contributed by atoms with E-state index in [2.05, 4.69) is 67.2 Å². The minimum atomic E-state index is 0.0714. The molecule has 2 N–H and O–H groups in total. The Morgan fingerprint density at radius 3 is 2.55 bits per heavy atom. The molecule has 4 atom stereocenters. The van der Waals surface area contributed by atoms with Crippen molar-refractivity contribution in [2.75, 3.05) is 45.1 Å². The fourth-order valence-corrected chi connectivity index (χ4v) is 5.72. The van der Waals surface area contributed by atoms with Gasteiger partial charge in [0, 0.05) is 49.9 Å². The SMILES string of the molecule is CN1CCN(CC2CCC3C(c4cccc(O)c4)Nc4ccc(C(C)(C)C)cc4C3O2)CC1. The van der Waals surface area contributed by atoms with Crippen molar-refractivity contribution < 1.29 is 9.84 Å². The van der Waals surface area contributed by atoms with Crippen LogP contribution in [0.15, 0.2) is 42.5 Å². The summed E-state index contributed by atoms with van der Waals surface area (Å²) in [6.07, 6.45) is 2.54. The summed E-state index contributed by atoms with van der Waals surface area (Å²) in [7, 11) is 2.21. The number of phenolic OH excluding ortho intramolecular Hbond substituents is 1. The molecule has 178 valence electrons. The quantitative estimate of drug-likeness (QED) is 0.695. The summed E-state index contributed by atoms with van der Waals surface area (Å²) in [5.74, 6) is 0.669. The van der Waals surface area contributed by atoms with Gasteiger partial charge in [0.15, 0.2) is 0 Å². The summed E-state index contributed by atoms with van der Waals surface area (Å²) in [6, 6.07) is 14.7. The molecule has 0 bridgehead atoms. The third kappa shape index (κ3) is 4.77. The molecule has 5 nitrogen and oxygen atoms in total. The third-order valence-electron chi connectivity index (χ3n) is 7.80. The van der Waals surface area contributed by atoms with Crippen LogP contribution in [-0.2, 0) is 10.2 Å². The Bertz CT molecular complexity index is 977. The number of ether oxygens (including phenoxy) is 1. The molecule has 5 rings (SSSR count). The molecule has 2 saturated heterocycles. The zero-order valence-corrected chi connectivity index (χ0v) is 20.6. The van der Waals surface area contributed by atoms with Crippen molar-refractivity contribution in [1.82, 2.24) is 9.80 Å². The Morgan fingerprint density at radius 1 is 1.03 bits per heavy atom. The maximum Gasteiger partial charge on any atom is 0.115 e. The Kier molecular flexibility index (Phi) is 6.15. The standard InChI is InChI=1S/C28H39N3O2/c1-28(2,3)20-8-11-25-24(17-20)27-23(26(29-25)19-6-5-7-21(32)16-19)10-9-22(33-27)18-31-14-12-30(4)13-15-31/h5-8,11,16-17,22-23,26-27,29,32H,9-10,12-15,18H2,1-4H3. The Morgan fingerprint density at radius 2 is 1.82 bits per heavy atom. The minimum Gasteiger partial charge on any atom is -0.508 e. The molecule has 2 aromatic rings. The number of fused-ring (bicyclic) bond motifs is 3. The van der Waals surface area contributed by atoms with Crippen molar-refractivity contribution in [3.8, 4) is 5.75 Å². The van der Waals surface area contributed by atoms with Crippen LogP contribution < -0.4 is 5.32 Å². The predicted octanol–water partition coefficient (Wildman–Crippen LogP) is 4.94. The highest BCUT2D eigenvalue weighted by molar-refractivity contribution is 5.59. The number of anilines is 1. The Balaban J connectivity index is 1.44. The lowest BCUT2D eigenvalue weighted by Gasteiger charge is -2.47. The number of aromatic hydroxyl groups is 1. The van der Waals surface area contributed by atoms with Crippen LogP contribution >= 0.6 is 0 Å². The molecule has 4 unspecified atom stereocenters. The second-order valence-corrected chi connectivity index (χ2v) is 11.3. The molecule has 0 amide bonds. The van der Waals surface area contributed by atoms with E-state index in [9.17, 15) is 5.11 Å². The Labute approximate surface area is 198 Å². The first-order valence-electron chi connectivity index (χ1n) is 12.5. The van der Waals surface area contributed by atoms with Crippen molar-refractivity contribution >= 4 is 5.69 Å². The first-order chi connectivity index (χ1) is 15.8. The van der Waals surface area contributed by atoms with Crippen LogP contribution in [0, 0.1) is 5.92 Å². The van der Waals surface area contributed by atoms with Gasteiger partial charge in [-0.2, -0.15) is 0 Å². The summed E-state index contributed by atoms with van der Waals surface area (Å²) in [5.41, 5.74) is 5.05. The number of likely N-dealkylation sites (N-methyl/N-ethyl adjacent to an activating group) is 1. The van der Waals surface area contributed by atoms with Crippen molar-refractivity contribution in [2.45, 2.75) is 57.3 Å². The largest absolute Gasteiger partial charge is 0.508 e. The van der Waals surface area contributed by atoms with Gasteiger partial charge >= 0.3 is 0 Å². The van der Waals surface area contributed by atoms with Gasteiger partial charge < -0.3 is 20.1 Å². The van der Waals surface area contributed by atoms with E-state index in [1.54, 1.807) is 6.07 Å². The maximum atomic E-state index is 10.1. The average Bonchev–Trinajstić information content (AvgIpc) is 2.79. The Hall–Kier alpha value is -2.08. The molecule has 2 aromatic carbocycles. The van der Waals surface area contributed by atoms with Gasteiger partial charge in [-0.25, -0.2) is 0 Å². The molecule has 0 radical (unpaired) electrons. The van der Waals surface area contributed by atoms with Crippen LogP contribution in [0.3, 0.4) is 0 Å². The lowest BCUT2D eigenvalue weighted by atomic mass is 9.75. The molecule has 3 aliphatic heterocycles. The first kappa shape index (κ1) is 22.7. The number of rotatable bonds is 3. The molecular weight excluding hydrogens is 410 g/mol. The van der Waals surface area contributed by atoms with Crippen LogP contribution in [0.1, 0.15) is 62.4 Å². The number of nitrogens with one attached hydrogen (secondary N) is 1.